The van der Waals surface area contributed by atoms with E-state index in [-0.39, 0.29) is 0 Å². The summed E-state index contributed by atoms with van der Waals surface area (Å²) in [6.45, 7) is 3.96. The van der Waals surface area contributed by atoms with Gasteiger partial charge in [0.1, 0.15) is 0 Å². The maximum atomic E-state index is 5.60. The highest BCUT2D eigenvalue weighted by Gasteiger charge is 2.05. The number of anilines is 1. The van der Waals surface area contributed by atoms with Gasteiger partial charge in [-0.25, -0.2) is 0 Å². The Balaban J connectivity index is 2.31. The Kier molecular flexibility index (Phi) is 2.72. The molecule has 2 rings (SSSR count). The van der Waals surface area contributed by atoms with E-state index in [1.165, 1.54) is 0 Å². The summed E-state index contributed by atoms with van der Waals surface area (Å²) in [5.41, 5.74) is 8.33. The number of nitrogens with two attached hydrogens (primary N) is 1. The molecule has 16 heavy (non-hydrogen) atoms. The van der Waals surface area contributed by atoms with E-state index in [0.29, 0.717) is 11.7 Å². The average Bonchev–Trinajstić information content (AvgIpc) is 2.66. The minimum atomic E-state index is 0.520. The summed E-state index contributed by atoms with van der Waals surface area (Å²) in [5.74, 6) is 1.10. The van der Waals surface area contributed by atoms with E-state index >= 15 is 0 Å². The van der Waals surface area contributed by atoms with Gasteiger partial charge in [-0.1, -0.05) is 10.7 Å². The molecule has 0 unspecified atom stereocenters. The molecule has 0 spiro atoms. The predicted molar refractivity (Wildman–Crippen MR) is 63.5 cm³/mol. The highest BCUT2D eigenvalue weighted by Crippen LogP contribution is 2.17. The van der Waals surface area contributed by atoms with Gasteiger partial charge in [-0.2, -0.15) is 4.98 Å². The van der Waals surface area contributed by atoms with Gasteiger partial charge in [-0.05, 0) is 38.1 Å². The Morgan fingerprint density at radius 3 is 2.56 bits per heavy atom. The monoisotopic (exact) mass is 215 g/mol. The fourth-order valence-electron chi connectivity index (χ4n) is 1.29. The molecule has 2 aromatic rings. The number of nitrogens with zero attached hydrogens (tertiary/aromatic N) is 2. The first-order chi connectivity index (χ1) is 7.65. The lowest BCUT2D eigenvalue weighted by molar-refractivity contribution is 0.411. The molecular formula is C12H13N3O. The van der Waals surface area contributed by atoms with Gasteiger partial charge in [-0.3, -0.25) is 0 Å². The third kappa shape index (κ3) is 2.28. The second-order valence-electron chi connectivity index (χ2n) is 3.80. The molecule has 0 saturated carbocycles. The molecule has 0 aliphatic rings. The van der Waals surface area contributed by atoms with Crippen molar-refractivity contribution in [3.05, 3.63) is 35.7 Å². The lowest BCUT2D eigenvalue weighted by Crippen LogP contribution is -1.85. The van der Waals surface area contributed by atoms with Crippen molar-refractivity contribution in [2.75, 3.05) is 5.73 Å². The van der Waals surface area contributed by atoms with E-state index in [2.05, 4.69) is 10.1 Å². The zero-order valence-electron chi connectivity index (χ0n) is 9.27. The van der Waals surface area contributed by atoms with E-state index < -0.39 is 0 Å². The van der Waals surface area contributed by atoms with E-state index in [9.17, 15) is 0 Å². The van der Waals surface area contributed by atoms with Gasteiger partial charge < -0.3 is 10.3 Å². The minimum absolute atomic E-state index is 0.520. The highest BCUT2D eigenvalue weighted by molar-refractivity contribution is 5.59. The SMILES string of the molecule is CC(C)=Cc1nc(-c2ccc(N)cc2)no1. The van der Waals surface area contributed by atoms with Gasteiger partial charge in [-0.15, -0.1) is 0 Å². The molecule has 1 aromatic carbocycles. The van der Waals surface area contributed by atoms with Crippen molar-refractivity contribution in [2.45, 2.75) is 13.8 Å². The van der Waals surface area contributed by atoms with E-state index in [1.807, 2.05) is 44.2 Å². The zero-order chi connectivity index (χ0) is 11.5. The van der Waals surface area contributed by atoms with Crippen LogP contribution in [0.5, 0.6) is 0 Å². The first-order valence-corrected chi connectivity index (χ1v) is 4.99. The largest absolute Gasteiger partial charge is 0.399 e. The number of benzene rings is 1. The summed E-state index contributed by atoms with van der Waals surface area (Å²) in [5, 5.41) is 3.90. The fraction of sp³-hybridized carbons (Fsp3) is 0.167. The topological polar surface area (TPSA) is 64.9 Å². The second kappa shape index (κ2) is 4.18. The van der Waals surface area contributed by atoms with Crippen LogP contribution >= 0.6 is 0 Å². The molecule has 0 radical (unpaired) electrons. The van der Waals surface area contributed by atoms with Crippen molar-refractivity contribution in [2.24, 2.45) is 0 Å². The first-order valence-electron chi connectivity index (χ1n) is 4.99. The first kappa shape index (κ1) is 10.4. The van der Waals surface area contributed by atoms with Crippen molar-refractivity contribution in [3.63, 3.8) is 0 Å². The average molecular weight is 215 g/mol. The van der Waals surface area contributed by atoms with Crippen LogP contribution in [0.3, 0.4) is 0 Å². The van der Waals surface area contributed by atoms with Crippen LogP contribution in [-0.2, 0) is 0 Å². The van der Waals surface area contributed by atoms with E-state index in [0.717, 1.165) is 16.8 Å². The summed E-state index contributed by atoms with van der Waals surface area (Å²) < 4.78 is 5.09. The van der Waals surface area contributed by atoms with Crippen LogP contribution < -0.4 is 5.73 Å². The van der Waals surface area contributed by atoms with Crippen LogP contribution in [0, 0.1) is 0 Å². The molecule has 0 atom stereocenters. The molecule has 1 heterocycles. The molecule has 0 fully saturated rings. The molecule has 2 N–H and O–H groups in total. The van der Waals surface area contributed by atoms with Gasteiger partial charge in [0.05, 0.1) is 0 Å². The van der Waals surface area contributed by atoms with Gasteiger partial charge in [0.2, 0.25) is 5.82 Å². The van der Waals surface area contributed by atoms with Crippen molar-refractivity contribution in [3.8, 4) is 11.4 Å². The summed E-state index contributed by atoms with van der Waals surface area (Å²) in [7, 11) is 0. The molecule has 4 heteroatoms. The Labute approximate surface area is 93.8 Å². The second-order valence-corrected chi connectivity index (χ2v) is 3.80. The van der Waals surface area contributed by atoms with Gasteiger partial charge in [0, 0.05) is 17.3 Å². The number of hydrogen-bond acceptors (Lipinski definition) is 4. The molecule has 4 nitrogen and oxygen atoms in total. The van der Waals surface area contributed by atoms with Crippen molar-refractivity contribution < 1.29 is 4.52 Å². The zero-order valence-corrected chi connectivity index (χ0v) is 9.27. The lowest BCUT2D eigenvalue weighted by Gasteiger charge is -1.94. The Hall–Kier alpha value is -2.10. The Morgan fingerprint density at radius 1 is 1.25 bits per heavy atom. The van der Waals surface area contributed by atoms with Crippen LogP contribution in [0.1, 0.15) is 19.7 Å². The minimum Gasteiger partial charge on any atom is -0.399 e. The summed E-state index contributed by atoms with van der Waals surface area (Å²) in [6.07, 6.45) is 1.84. The molecule has 0 bridgehead atoms. The van der Waals surface area contributed by atoms with Crippen LogP contribution in [0.25, 0.3) is 17.5 Å². The summed E-state index contributed by atoms with van der Waals surface area (Å²) in [6, 6.07) is 7.36. The van der Waals surface area contributed by atoms with Crippen molar-refractivity contribution in [1.82, 2.24) is 10.1 Å². The molecule has 0 aliphatic heterocycles. The number of nitrogen functional groups attached to an aromatic ring is 1. The molecule has 0 amide bonds. The number of aromatic nitrogens is 2. The van der Waals surface area contributed by atoms with Crippen LogP contribution in [-0.4, -0.2) is 10.1 Å². The molecule has 1 aromatic heterocycles. The standard InChI is InChI=1S/C12H13N3O/c1-8(2)7-11-14-12(15-16-11)9-3-5-10(13)6-4-9/h3-7H,13H2,1-2H3. The lowest BCUT2D eigenvalue weighted by atomic mass is 10.2. The molecule has 0 saturated heterocycles. The normalized spacial score (nSPS) is 10.1. The number of hydrogen-bond donors (Lipinski definition) is 1. The van der Waals surface area contributed by atoms with Gasteiger partial charge in [0.15, 0.2) is 0 Å². The maximum absolute atomic E-state index is 5.60. The summed E-state index contributed by atoms with van der Waals surface area (Å²) >= 11 is 0. The molecule has 0 aliphatic carbocycles. The smallest absolute Gasteiger partial charge is 0.250 e. The van der Waals surface area contributed by atoms with Crippen LogP contribution in [0.15, 0.2) is 34.4 Å². The van der Waals surface area contributed by atoms with Gasteiger partial charge in [0.25, 0.3) is 5.89 Å². The molecule has 82 valence electrons. The van der Waals surface area contributed by atoms with Crippen LogP contribution in [0.4, 0.5) is 5.69 Å². The summed E-state index contributed by atoms with van der Waals surface area (Å²) in [4.78, 5) is 4.26. The van der Waals surface area contributed by atoms with E-state index in [4.69, 9.17) is 10.3 Å². The van der Waals surface area contributed by atoms with Crippen LogP contribution in [0.2, 0.25) is 0 Å². The fourth-order valence-corrected chi connectivity index (χ4v) is 1.29. The third-order valence-electron chi connectivity index (χ3n) is 2.02. The number of rotatable bonds is 2. The van der Waals surface area contributed by atoms with E-state index in [1.54, 1.807) is 0 Å². The van der Waals surface area contributed by atoms with Crippen molar-refractivity contribution in [1.29, 1.82) is 0 Å². The molecular weight excluding hydrogens is 202 g/mol. The quantitative estimate of drug-likeness (QED) is 0.782. The Morgan fingerprint density at radius 2 is 1.94 bits per heavy atom. The third-order valence-corrected chi connectivity index (χ3v) is 2.02. The maximum Gasteiger partial charge on any atom is 0.250 e. The van der Waals surface area contributed by atoms with Crippen molar-refractivity contribution >= 4 is 11.8 Å². The van der Waals surface area contributed by atoms with Gasteiger partial charge >= 0.3 is 0 Å². The predicted octanol–water partition coefficient (Wildman–Crippen LogP) is 2.74. The number of allylic oxidation sites excluding steroid dienone is 1. The highest BCUT2D eigenvalue weighted by atomic mass is 16.5. The Bertz CT molecular complexity index is 507.